The maximum Gasteiger partial charge on any atom is 0.254 e. The van der Waals surface area contributed by atoms with Gasteiger partial charge in [-0.1, -0.05) is 23.2 Å². The number of carbonyl (C=O) groups excluding carboxylic acids is 2. The molecule has 0 bridgehead atoms. The van der Waals surface area contributed by atoms with Crippen LogP contribution >= 0.6 is 34.5 Å². The van der Waals surface area contributed by atoms with E-state index in [9.17, 15) is 9.59 Å². The van der Waals surface area contributed by atoms with Gasteiger partial charge in [-0.2, -0.15) is 0 Å². The van der Waals surface area contributed by atoms with Gasteiger partial charge in [-0.25, -0.2) is 4.98 Å². The third kappa shape index (κ3) is 4.94. The molecule has 2 heterocycles. The number of amides is 2. The Labute approximate surface area is 165 Å². The van der Waals surface area contributed by atoms with E-state index in [2.05, 4.69) is 10.3 Å². The van der Waals surface area contributed by atoms with Crippen molar-refractivity contribution in [2.24, 2.45) is 0 Å². The molecule has 2 aromatic rings. The predicted molar refractivity (Wildman–Crippen MR) is 102 cm³/mol. The van der Waals surface area contributed by atoms with Gasteiger partial charge in [0.2, 0.25) is 5.91 Å². The zero-order valence-electron chi connectivity index (χ0n) is 13.8. The molecule has 6 nitrogen and oxygen atoms in total. The van der Waals surface area contributed by atoms with Crippen molar-refractivity contribution in [3.63, 3.8) is 0 Å². The van der Waals surface area contributed by atoms with Crippen LogP contribution in [0.15, 0.2) is 29.8 Å². The zero-order valence-corrected chi connectivity index (χ0v) is 16.1. The van der Waals surface area contributed by atoms with Gasteiger partial charge < -0.3 is 15.0 Å². The molecule has 1 aromatic carbocycles. The number of hydrogen-bond donors (Lipinski definition) is 1. The number of thiazole rings is 1. The molecule has 1 aliphatic heterocycles. The number of nitrogens with one attached hydrogen (secondary N) is 1. The minimum Gasteiger partial charge on any atom is -0.376 e. The van der Waals surface area contributed by atoms with Crippen LogP contribution < -0.4 is 5.32 Å². The smallest absolute Gasteiger partial charge is 0.254 e. The molecule has 9 heteroatoms. The molecule has 26 heavy (non-hydrogen) atoms. The summed E-state index contributed by atoms with van der Waals surface area (Å²) in [4.78, 5) is 30.7. The minimum absolute atomic E-state index is 0.0746. The Balaban J connectivity index is 1.73. The summed E-state index contributed by atoms with van der Waals surface area (Å²) < 4.78 is 5.62. The number of ether oxygens (including phenoxy) is 1. The molecular weight excluding hydrogens is 397 g/mol. The molecule has 1 atom stereocenters. The van der Waals surface area contributed by atoms with Gasteiger partial charge in [0.15, 0.2) is 5.13 Å². The first-order chi connectivity index (χ1) is 12.5. The summed E-state index contributed by atoms with van der Waals surface area (Å²) in [7, 11) is 0. The van der Waals surface area contributed by atoms with Gasteiger partial charge in [0.05, 0.1) is 16.1 Å². The van der Waals surface area contributed by atoms with E-state index >= 15 is 0 Å². The summed E-state index contributed by atoms with van der Waals surface area (Å²) in [5, 5.41) is 5.61. The van der Waals surface area contributed by atoms with Crippen LogP contribution in [-0.2, 0) is 9.53 Å². The van der Waals surface area contributed by atoms with Gasteiger partial charge in [0.1, 0.15) is 6.54 Å². The summed E-state index contributed by atoms with van der Waals surface area (Å²) in [6.45, 7) is 0.910. The highest BCUT2D eigenvalue weighted by Gasteiger charge is 2.25. The van der Waals surface area contributed by atoms with Crippen molar-refractivity contribution in [3.8, 4) is 0 Å². The molecule has 0 saturated carbocycles. The molecule has 1 saturated heterocycles. The normalized spacial score (nSPS) is 16.5. The van der Waals surface area contributed by atoms with Gasteiger partial charge in [-0.05, 0) is 31.0 Å². The van der Waals surface area contributed by atoms with Gasteiger partial charge in [0, 0.05) is 30.3 Å². The molecule has 0 aliphatic carbocycles. The van der Waals surface area contributed by atoms with Crippen molar-refractivity contribution in [2.45, 2.75) is 18.9 Å². The summed E-state index contributed by atoms with van der Waals surface area (Å²) in [5.41, 5.74) is 0.374. The van der Waals surface area contributed by atoms with Crippen LogP contribution in [0.25, 0.3) is 0 Å². The Bertz CT molecular complexity index is 780. The van der Waals surface area contributed by atoms with Crippen LogP contribution in [-0.4, -0.2) is 47.5 Å². The second kappa shape index (κ2) is 8.81. The Morgan fingerprint density at radius 1 is 1.35 bits per heavy atom. The largest absolute Gasteiger partial charge is 0.376 e. The molecule has 1 aromatic heterocycles. The van der Waals surface area contributed by atoms with E-state index in [-0.39, 0.29) is 24.5 Å². The average Bonchev–Trinajstić information content (AvgIpc) is 3.30. The van der Waals surface area contributed by atoms with E-state index in [1.807, 2.05) is 0 Å². The highest BCUT2D eigenvalue weighted by atomic mass is 35.5. The second-order valence-corrected chi connectivity index (χ2v) is 7.54. The molecule has 1 aliphatic rings. The fourth-order valence-corrected chi connectivity index (χ4v) is 3.53. The third-order valence-corrected chi connectivity index (χ3v) is 5.34. The number of anilines is 1. The number of benzene rings is 1. The highest BCUT2D eigenvalue weighted by molar-refractivity contribution is 7.13. The summed E-state index contributed by atoms with van der Waals surface area (Å²) in [6.07, 6.45) is 3.34. The van der Waals surface area contributed by atoms with E-state index in [1.54, 1.807) is 23.7 Å². The lowest BCUT2D eigenvalue weighted by Crippen LogP contribution is -2.42. The zero-order chi connectivity index (χ0) is 18.5. The van der Waals surface area contributed by atoms with Crippen LogP contribution in [0.1, 0.15) is 23.2 Å². The molecule has 1 fully saturated rings. The number of rotatable bonds is 6. The number of hydrogen-bond acceptors (Lipinski definition) is 5. The number of nitrogens with zero attached hydrogens (tertiary/aromatic N) is 2. The first-order valence-electron chi connectivity index (χ1n) is 8.08. The lowest BCUT2D eigenvalue weighted by molar-refractivity contribution is -0.117. The van der Waals surface area contributed by atoms with Gasteiger partial charge in [0.25, 0.3) is 5.91 Å². The molecule has 3 rings (SSSR count). The summed E-state index contributed by atoms with van der Waals surface area (Å²) in [5.74, 6) is -0.611. The SMILES string of the molecule is O=C(CN(CC1CCCO1)C(=O)c1ccc(Cl)c(Cl)c1)Nc1nccs1. The molecule has 1 N–H and O–H groups in total. The Hall–Kier alpha value is -1.67. The lowest BCUT2D eigenvalue weighted by Gasteiger charge is -2.25. The van der Waals surface area contributed by atoms with Crippen molar-refractivity contribution in [3.05, 3.63) is 45.4 Å². The molecule has 2 amide bonds. The highest BCUT2D eigenvalue weighted by Crippen LogP contribution is 2.24. The second-order valence-electron chi connectivity index (χ2n) is 5.84. The minimum atomic E-state index is -0.314. The first-order valence-corrected chi connectivity index (χ1v) is 9.72. The van der Waals surface area contributed by atoms with E-state index in [0.717, 1.165) is 12.8 Å². The lowest BCUT2D eigenvalue weighted by atomic mass is 10.1. The topological polar surface area (TPSA) is 71.5 Å². The number of aromatic nitrogens is 1. The third-order valence-electron chi connectivity index (χ3n) is 3.91. The fraction of sp³-hybridized carbons (Fsp3) is 0.353. The predicted octanol–water partition coefficient (Wildman–Crippen LogP) is 3.71. The van der Waals surface area contributed by atoms with Gasteiger partial charge in [-0.3, -0.25) is 9.59 Å². The molecule has 0 radical (unpaired) electrons. The van der Waals surface area contributed by atoms with E-state index in [4.69, 9.17) is 27.9 Å². The van der Waals surface area contributed by atoms with Gasteiger partial charge in [-0.15, -0.1) is 11.3 Å². The summed E-state index contributed by atoms with van der Waals surface area (Å²) >= 11 is 13.3. The number of carbonyl (C=O) groups is 2. The van der Waals surface area contributed by atoms with E-state index in [0.29, 0.717) is 33.9 Å². The van der Waals surface area contributed by atoms with Crippen LogP contribution in [0.4, 0.5) is 5.13 Å². The summed E-state index contributed by atoms with van der Waals surface area (Å²) in [6, 6.07) is 4.67. The van der Waals surface area contributed by atoms with Gasteiger partial charge >= 0.3 is 0 Å². The molecule has 1 unspecified atom stereocenters. The van der Waals surface area contributed by atoms with Crippen molar-refractivity contribution < 1.29 is 14.3 Å². The van der Waals surface area contributed by atoms with E-state index < -0.39 is 0 Å². The maximum atomic E-state index is 12.9. The van der Waals surface area contributed by atoms with Crippen LogP contribution in [0.5, 0.6) is 0 Å². The number of halogens is 2. The first kappa shape index (κ1) is 19.1. The maximum absolute atomic E-state index is 12.9. The molecule has 138 valence electrons. The van der Waals surface area contributed by atoms with Crippen LogP contribution in [0.2, 0.25) is 10.0 Å². The van der Waals surface area contributed by atoms with Crippen molar-refractivity contribution in [1.29, 1.82) is 0 Å². The van der Waals surface area contributed by atoms with E-state index in [1.165, 1.54) is 22.3 Å². The fourth-order valence-electron chi connectivity index (χ4n) is 2.68. The molecular formula is C17H17Cl2N3O3S. The van der Waals surface area contributed by atoms with Crippen molar-refractivity contribution >= 4 is 51.5 Å². The van der Waals surface area contributed by atoms with Crippen LogP contribution in [0, 0.1) is 0 Å². The Morgan fingerprint density at radius 2 is 2.19 bits per heavy atom. The monoisotopic (exact) mass is 413 g/mol. The Morgan fingerprint density at radius 3 is 2.85 bits per heavy atom. The van der Waals surface area contributed by atoms with Crippen LogP contribution in [0.3, 0.4) is 0 Å². The standard InChI is InChI=1S/C17H17Cl2N3O3S/c18-13-4-3-11(8-14(13)19)16(24)22(9-12-2-1-6-25-12)10-15(23)21-17-20-5-7-26-17/h3-5,7-8,12H,1-2,6,9-10H2,(H,20,21,23). The Kier molecular flexibility index (Phi) is 6.48. The van der Waals surface area contributed by atoms with Crippen molar-refractivity contribution in [2.75, 3.05) is 25.0 Å². The van der Waals surface area contributed by atoms with Crippen molar-refractivity contribution in [1.82, 2.24) is 9.88 Å². The molecule has 0 spiro atoms. The quantitative estimate of drug-likeness (QED) is 0.783. The average molecular weight is 414 g/mol.